The molecule has 0 saturated heterocycles. The normalized spacial score (nSPS) is 10.2. The van der Waals surface area contributed by atoms with E-state index in [2.05, 4.69) is 5.32 Å². The molecule has 20 heavy (non-hydrogen) atoms. The molecule has 0 unspecified atom stereocenters. The fourth-order valence-corrected chi connectivity index (χ4v) is 2.00. The largest absolute Gasteiger partial charge is 0.494 e. The summed E-state index contributed by atoms with van der Waals surface area (Å²) in [5.41, 5.74) is 9.60. The van der Waals surface area contributed by atoms with Crippen LogP contribution in [0.15, 0.2) is 36.4 Å². The molecule has 1 amide bonds. The quantitative estimate of drug-likeness (QED) is 0.842. The van der Waals surface area contributed by atoms with Crippen molar-refractivity contribution in [3.8, 4) is 5.75 Å². The topological polar surface area (TPSA) is 64.3 Å². The lowest BCUT2D eigenvalue weighted by Gasteiger charge is -2.12. The Labute approximate surface area is 118 Å². The van der Waals surface area contributed by atoms with E-state index in [1.54, 1.807) is 31.4 Å². The molecular formula is C16H18N2O2. The molecule has 0 radical (unpaired) electrons. The number of hydrogen-bond donors (Lipinski definition) is 2. The number of benzene rings is 2. The van der Waals surface area contributed by atoms with Crippen LogP contribution in [0.2, 0.25) is 0 Å². The third-order valence-electron chi connectivity index (χ3n) is 3.32. The number of nitrogens with one attached hydrogen (secondary N) is 1. The number of carbonyl (C=O) groups is 1. The summed E-state index contributed by atoms with van der Waals surface area (Å²) < 4.78 is 5.22. The van der Waals surface area contributed by atoms with Gasteiger partial charge in [0.25, 0.3) is 5.91 Å². The van der Waals surface area contributed by atoms with Gasteiger partial charge in [0.1, 0.15) is 5.75 Å². The van der Waals surface area contributed by atoms with Crippen LogP contribution in [0.5, 0.6) is 5.75 Å². The van der Waals surface area contributed by atoms with E-state index in [1.165, 1.54) is 0 Å². The number of hydrogen-bond acceptors (Lipinski definition) is 3. The third-order valence-corrected chi connectivity index (χ3v) is 3.32. The molecule has 2 aromatic carbocycles. The summed E-state index contributed by atoms with van der Waals surface area (Å²) in [4.78, 5) is 12.3. The highest BCUT2D eigenvalue weighted by Crippen LogP contribution is 2.27. The van der Waals surface area contributed by atoms with Crippen LogP contribution in [0.4, 0.5) is 11.4 Å². The number of ether oxygens (including phenoxy) is 1. The van der Waals surface area contributed by atoms with Gasteiger partial charge in [0, 0.05) is 17.3 Å². The molecule has 2 aromatic rings. The van der Waals surface area contributed by atoms with Crippen LogP contribution in [-0.2, 0) is 0 Å². The number of rotatable bonds is 3. The summed E-state index contributed by atoms with van der Waals surface area (Å²) in [7, 11) is 1.54. The lowest BCUT2D eigenvalue weighted by atomic mass is 10.0. The van der Waals surface area contributed by atoms with E-state index >= 15 is 0 Å². The molecule has 2 rings (SSSR count). The number of nitrogen functional groups attached to an aromatic ring is 1. The van der Waals surface area contributed by atoms with E-state index in [4.69, 9.17) is 10.5 Å². The monoisotopic (exact) mass is 270 g/mol. The molecule has 0 aliphatic rings. The van der Waals surface area contributed by atoms with Crippen molar-refractivity contribution >= 4 is 17.3 Å². The van der Waals surface area contributed by atoms with Crippen molar-refractivity contribution in [3.63, 3.8) is 0 Å². The smallest absolute Gasteiger partial charge is 0.256 e. The van der Waals surface area contributed by atoms with E-state index < -0.39 is 0 Å². The molecule has 0 spiro atoms. The van der Waals surface area contributed by atoms with E-state index in [9.17, 15) is 4.79 Å². The van der Waals surface area contributed by atoms with Crippen molar-refractivity contribution in [2.24, 2.45) is 0 Å². The summed E-state index contributed by atoms with van der Waals surface area (Å²) in [6, 6.07) is 10.8. The second kappa shape index (κ2) is 5.65. The minimum atomic E-state index is -0.158. The molecule has 0 saturated carbocycles. The van der Waals surface area contributed by atoms with E-state index in [1.807, 2.05) is 26.0 Å². The van der Waals surface area contributed by atoms with Gasteiger partial charge >= 0.3 is 0 Å². The highest BCUT2D eigenvalue weighted by Gasteiger charge is 2.12. The SMILES string of the molecule is COc1cc(N)ccc1NC(=O)c1cccc(C)c1C. The zero-order valence-corrected chi connectivity index (χ0v) is 11.9. The van der Waals surface area contributed by atoms with Gasteiger partial charge in [0.15, 0.2) is 0 Å². The maximum Gasteiger partial charge on any atom is 0.256 e. The van der Waals surface area contributed by atoms with E-state index in [0.29, 0.717) is 22.7 Å². The predicted molar refractivity (Wildman–Crippen MR) is 81.3 cm³/mol. The Bertz CT molecular complexity index is 651. The van der Waals surface area contributed by atoms with Crippen LogP contribution in [0.3, 0.4) is 0 Å². The lowest BCUT2D eigenvalue weighted by Crippen LogP contribution is -2.14. The average molecular weight is 270 g/mol. The Hall–Kier alpha value is -2.49. The minimum absolute atomic E-state index is 0.158. The first-order valence-electron chi connectivity index (χ1n) is 6.34. The van der Waals surface area contributed by atoms with Gasteiger partial charge < -0.3 is 15.8 Å². The lowest BCUT2D eigenvalue weighted by molar-refractivity contribution is 0.102. The average Bonchev–Trinajstić information content (AvgIpc) is 2.43. The Morgan fingerprint density at radius 3 is 2.65 bits per heavy atom. The first-order valence-corrected chi connectivity index (χ1v) is 6.34. The van der Waals surface area contributed by atoms with Crippen LogP contribution < -0.4 is 15.8 Å². The maximum absolute atomic E-state index is 12.3. The zero-order valence-electron chi connectivity index (χ0n) is 11.9. The molecule has 0 bridgehead atoms. The molecule has 4 heteroatoms. The first-order chi connectivity index (χ1) is 9.52. The predicted octanol–water partition coefficient (Wildman–Crippen LogP) is 3.15. The van der Waals surface area contributed by atoms with Crippen molar-refractivity contribution in [2.45, 2.75) is 13.8 Å². The zero-order chi connectivity index (χ0) is 14.7. The number of methoxy groups -OCH3 is 1. The number of nitrogens with two attached hydrogens (primary N) is 1. The summed E-state index contributed by atoms with van der Waals surface area (Å²) in [5.74, 6) is 0.387. The summed E-state index contributed by atoms with van der Waals surface area (Å²) in [6.07, 6.45) is 0. The minimum Gasteiger partial charge on any atom is -0.494 e. The van der Waals surface area contributed by atoms with Gasteiger partial charge in [-0.1, -0.05) is 12.1 Å². The molecule has 0 aliphatic carbocycles. The second-order valence-corrected chi connectivity index (χ2v) is 4.66. The van der Waals surface area contributed by atoms with E-state index in [-0.39, 0.29) is 5.91 Å². The second-order valence-electron chi connectivity index (χ2n) is 4.66. The summed E-state index contributed by atoms with van der Waals surface area (Å²) >= 11 is 0. The fraction of sp³-hybridized carbons (Fsp3) is 0.188. The summed E-state index contributed by atoms with van der Waals surface area (Å²) in [5, 5.41) is 2.85. The van der Waals surface area contributed by atoms with Crippen molar-refractivity contribution in [1.29, 1.82) is 0 Å². The van der Waals surface area contributed by atoms with Crippen molar-refractivity contribution in [3.05, 3.63) is 53.1 Å². The van der Waals surface area contributed by atoms with E-state index in [0.717, 1.165) is 11.1 Å². The molecule has 104 valence electrons. The summed E-state index contributed by atoms with van der Waals surface area (Å²) in [6.45, 7) is 3.92. The standard InChI is InChI=1S/C16H18N2O2/c1-10-5-4-6-13(11(10)2)16(19)18-14-8-7-12(17)9-15(14)20-3/h4-9H,17H2,1-3H3,(H,18,19). The highest BCUT2D eigenvalue weighted by atomic mass is 16.5. The molecule has 0 aliphatic heterocycles. The van der Waals surface area contributed by atoms with Crippen LogP contribution in [0.25, 0.3) is 0 Å². The molecule has 0 fully saturated rings. The van der Waals surface area contributed by atoms with Crippen LogP contribution in [0, 0.1) is 13.8 Å². The van der Waals surface area contributed by atoms with Crippen LogP contribution >= 0.6 is 0 Å². The Balaban J connectivity index is 2.30. The molecule has 4 nitrogen and oxygen atoms in total. The molecule has 0 aromatic heterocycles. The Morgan fingerprint density at radius 1 is 1.20 bits per heavy atom. The van der Waals surface area contributed by atoms with Crippen molar-refractivity contribution in [2.75, 3.05) is 18.2 Å². The van der Waals surface area contributed by atoms with Gasteiger partial charge in [-0.15, -0.1) is 0 Å². The van der Waals surface area contributed by atoms with Crippen molar-refractivity contribution in [1.82, 2.24) is 0 Å². The number of anilines is 2. The Kier molecular flexibility index (Phi) is 3.94. The fourth-order valence-electron chi connectivity index (χ4n) is 2.00. The maximum atomic E-state index is 12.3. The highest BCUT2D eigenvalue weighted by molar-refractivity contribution is 6.06. The van der Waals surface area contributed by atoms with Crippen LogP contribution in [-0.4, -0.2) is 13.0 Å². The molecule has 0 atom stereocenters. The van der Waals surface area contributed by atoms with Gasteiger partial charge in [0.05, 0.1) is 12.8 Å². The van der Waals surface area contributed by atoms with Gasteiger partial charge in [-0.25, -0.2) is 0 Å². The molecule has 3 N–H and O–H groups in total. The third kappa shape index (κ3) is 2.74. The van der Waals surface area contributed by atoms with Crippen LogP contribution in [0.1, 0.15) is 21.5 Å². The van der Waals surface area contributed by atoms with Gasteiger partial charge in [-0.3, -0.25) is 4.79 Å². The number of carbonyl (C=O) groups excluding carboxylic acids is 1. The van der Waals surface area contributed by atoms with Gasteiger partial charge in [0.2, 0.25) is 0 Å². The van der Waals surface area contributed by atoms with Gasteiger partial charge in [-0.05, 0) is 43.2 Å². The Morgan fingerprint density at radius 2 is 1.95 bits per heavy atom. The molecule has 0 heterocycles. The van der Waals surface area contributed by atoms with Crippen molar-refractivity contribution < 1.29 is 9.53 Å². The number of aryl methyl sites for hydroxylation is 1. The van der Waals surface area contributed by atoms with Gasteiger partial charge in [-0.2, -0.15) is 0 Å². The first kappa shape index (κ1) is 13.9. The number of amides is 1. The molecular weight excluding hydrogens is 252 g/mol.